The van der Waals surface area contributed by atoms with E-state index in [0.29, 0.717) is 23.5 Å². The van der Waals surface area contributed by atoms with Crippen LogP contribution in [0.2, 0.25) is 0 Å². The highest BCUT2D eigenvalue weighted by atomic mass is 16.5. The summed E-state index contributed by atoms with van der Waals surface area (Å²) in [5.74, 6) is 0.432. The standard InChI is InChI=1S/C14H18O4/c1-9(10(2)14(15)16)7-11-5-6-12(17-3)13(8-11)18-4/h5-6,8H,7H2,1-4H3,(H,15,16). The Balaban J connectivity index is 2.99. The van der Waals surface area contributed by atoms with Gasteiger partial charge in [-0.05, 0) is 38.0 Å². The summed E-state index contributed by atoms with van der Waals surface area (Å²) in [7, 11) is 3.16. The fourth-order valence-corrected chi connectivity index (χ4v) is 1.61. The fraction of sp³-hybridized carbons (Fsp3) is 0.357. The minimum absolute atomic E-state index is 0.379. The number of hydrogen-bond acceptors (Lipinski definition) is 3. The number of methoxy groups -OCH3 is 2. The summed E-state index contributed by atoms with van der Waals surface area (Å²) in [6.07, 6.45) is 0.582. The van der Waals surface area contributed by atoms with E-state index in [9.17, 15) is 4.79 Å². The summed E-state index contributed by atoms with van der Waals surface area (Å²) in [5.41, 5.74) is 2.20. The zero-order valence-electron chi connectivity index (χ0n) is 11.1. The van der Waals surface area contributed by atoms with E-state index in [4.69, 9.17) is 14.6 Å². The number of carboxylic acid groups (broad SMARTS) is 1. The Kier molecular flexibility index (Phi) is 4.77. The highest BCUT2D eigenvalue weighted by Crippen LogP contribution is 2.28. The highest BCUT2D eigenvalue weighted by molar-refractivity contribution is 5.86. The molecule has 0 amide bonds. The van der Waals surface area contributed by atoms with Crippen molar-refractivity contribution < 1.29 is 19.4 Å². The second kappa shape index (κ2) is 6.10. The van der Waals surface area contributed by atoms with Gasteiger partial charge in [0.25, 0.3) is 0 Å². The summed E-state index contributed by atoms with van der Waals surface area (Å²) >= 11 is 0. The number of hydrogen-bond donors (Lipinski definition) is 1. The van der Waals surface area contributed by atoms with Crippen molar-refractivity contribution >= 4 is 5.97 Å². The molecule has 0 fully saturated rings. The Bertz CT molecular complexity index is 475. The van der Waals surface area contributed by atoms with Crippen LogP contribution in [0.15, 0.2) is 29.3 Å². The summed E-state index contributed by atoms with van der Waals surface area (Å²) in [6.45, 7) is 3.43. The third-order valence-electron chi connectivity index (χ3n) is 2.88. The lowest BCUT2D eigenvalue weighted by molar-refractivity contribution is -0.132. The minimum atomic E-state index is -0.882. The van der Waals surface area contributed by atoms with Crippen LogP contribution in [0.5, 0.6) is 11.5 Å². The summed E-state index contributed by atoms with van der Waals surface area (Å²) in [4.78, 5) is 10.9. The lowest BCUT2D eigenvalue weighted by Crippen LogP contribution is -2.01. The van der Waals surface area contributed by atoms with E-state index >= 15 is 0 Å². The van der Waals surface area contributed by atoms with Gasteiger partial charge in [-0.25, -0.2) is 4.79 Å². The lowest BCUT2D eigenvalue weighted by Gasteiger charge is -2.10. The molecule has 0 radical (unpaired) electrons. The van der Waals surface area contributed by atoms with Gasteiger partial charge >= 0.3 is 5.97 Å². The Morgan fingerprint density at radius 1 is 1.17 bits per heavy atom. The molecule has 0 atom stereocenters. The highest BCUT2D eigenvalue weighted by Gasteiger charge is 2.08. The number of allylic oxidation sites excluding steroid dienone is 1. The van der Waals surface area contributed by atoms with E-state index in [1.807, 2.05) is 25.1 Å². The normalized spacial score (nSPS) is 11.8. The molecule has 1 aromatic carbocycles. The lowest BCUT2D eigenvalue weighted by atomic mass is 10.0. The van der Waals surface area contributed by atoms with Gasteiger partial charge in [-0.15, -0.1) is 0 Å². The van der Waals surface area contributed by atoms with Crippen molar-refractivity contribution in [2.75, 3.05) is 14.2 Å². The van der Waals surface area contributed by atoms with Crippen LogP contribution in [-0.4, -0.2) is 25.3 Å². The molecule has 0 aromatic heterocycles. The molecule has 1 aromatic rings. The van der Waals surface area contributed by atoms with Crippen LogP contribution >= 0.6 is 0 Å². The topological polar surface area (TPSA) is 55.8 Å². The maximum atomic E-state index is 10.9. The van der Waals surface area contributed by atoms with Crippen molar-refractivity contribution in [3.63, 3.8) is 0 Å². The molecule has 4 nitrogen and oxygen atoms in total. The predicted octanol–water partition coefficient (Wildman–Crippen LogP) is 2.67. The first-order valence-corrected chi connectivity index (χ1v) is 5.60. The second-order valence-electron chi connectivity index (χ2n) is 4.08. The van der Waals surface area contributed by atoms with Crippen molar-refractivity contribution in [1.29, 1.82) is 0 Å². The molecule has 0 heterocycles. The fourth-order valence-electron chi connectivity index (χ4n) is 1.61. The Morgan fingerprint density at radius 3 is 2.28 bits per heavy atom. The Hall–Kier alpha value is -1.97. The van der Waals surface area contributed by atoms with Crippen LogP contribution in [0.25, 0.3) is 0 Å². The largest absolute Gasteiger partial charge is 0.493 e. The van der Waals surface area contributed by atoms with Gasteiger partial charge in [0.1, 0.15) is 0 Å². The van der Waals surface area contributed by atoms with E-state index in [1.165, 1.54) is 0 Å². The number of benzene rings is 1. The molecule has 0 saturated carbocycles. The molecule has 0 saturated heterocycles. The average Bonchev–Trinajstić information content (AvgIpc) is 2.37. The molecule has 0 bridgehead atoms. The van der Waals surface area contributed by atoms with Gasteiger partial charge < -0.3 is 14.6 Å². The summed E-state index contributed by atoms with van der Waals surface area (Å²) in [6, 6.07) is 5.58. The number of aliphatic carboxylic acids is 1. The number of rotatable bonds is 5. The van der Waals surface area contributed by atoms with Crippen molar-refractivity contribution in [2.24, 2.45) is 0 Å². The van der Waals surface area contributed by atoms with Crippen LogP contribution in [0.1, 0.15) is 19.4 Å². The maximum Gasteiger partial charge on any atom is 0.331 e. The molecule has 4 heteroatoms. The van der Waals surface area contributed by atoms with Crippen LogP contribution in [0, 0.1) is 0 Å². The number of carboxylic acids is 1. The van der Waals surface area contributed by atoms with Crippen molar-refractivity contribution in [2.45, 2.75) is 20.3 Å². The van der Waals surface area contributed by atoms with Gasteiger partial charge in [0.2, 0.25) is 0 Å². The molecule has 0 aliphatic heterocycles. The summed E-state index contributed by atoms with van der Waals surface area (Å²) < 4.78 is 10.4. The predicted molar refractivity (Wildman–Crippen MR) is 69.3 cm³/mol. The molecular formula is C14H18O4. The second-order valence-corrected chi connectivity index (χ2v) is 4.08. The zero-order chi connectivity index (χ0) is 13.7. The van der Waals surface area contributed by atoms with Gasteiger partial charge in [-0.2, -0.15) is 0 Å². The molecule has 0 spiro atoms. The molecule has 0 unspecified atom stereocenters. The van der Waals surface area contributed by atoms with Gasteiger partial charge in [-0.1, -0.05) is 11.6 Å². The molecular weight excluding hydrogens is 232 g/mol. The average molecular weight is 250 g/mol. The third-order valence-corrected chi connectivity index (χ3v) is 2.88. The first-order valence-electron chi connectivity index (χ1n) is 5.60. The van der Waals surface area contributed by atoms with Gasteiger partial charge in [0.15, 0.2) is 11.5 Å². The SMILES string of the molecule is COc1ccc(CC(C)=C(C)C(=O)O)cc1OC. The minimum Gasteiger partial charge on any atom is -0.493 e. The first-order chi connectivity index (χ1) is 8.49. The number of carbonyl (C=O) groups is 1. The van der Waals surface area contributed by atoms with Crippen LogP contribution in [0.3, 0.4) is 0 Å². The van der Waals surface area contributed by atoms with E-state index < -0.39 is 5.97 Å². The van der Waals surface area contributed by atoms with Gasteiger partial charge in [0.05, 0.1) is 14.2 Å². The van der Waals surface area contributed by atoms with Crippen molar-refractivity contribution in [1.82, 2.24) is 0 Å². The monoisotopic (exact) mass is 250 g/mol. The van der Waals surface area contributed by atoms with Crippen LogP contribution in [0.4, 0.5) is 0 Å². The van der Waals surface area contributed by atoms with E-state index in [1.54, 1.807) is 21.1 Å². The van der Waals surface area contributed by atoms with E-state index in [0.717, 1.165) is 11.1 Å². The van der Waals surface area contributed by atoms with Gasteiger partial charge in [0, 0.05) is 5.57 Å². The smallest absolute Gasteiger partial charge is 0.331 e. The van der Waals surface area contributed by atoms with E-state index in [2.05, 4.69) is 0 Å². The summed E-state index contributed by atoms with van der Waals surface area (Å²) in [5, 5.41) is 8.91. The maximum absolute atomic E-state index is 10.9. The molecule has 18 heavy (non-hydrogen) atoms. The molecule has 0 aliphatic rings. The molecule has 1 N–H and O–H groups in total. The first kappa shape index (κ1) is 14.1. The third kappa shape index (κ3) is 3.26. The Labute approximate surface area is 107 Å². The quantitative estimate of drug-likeness (QED) is 0.816. The van der Waals surface area contributed by atoms with Crippen LogP contribution in [-0.2, 0) is 11.2 Å². The molecule has 1 rings (SSSR count). The van der Waals surface area contributed by atoms with Crippen LogP contribution < -0.4 is 9.47 Å². The zero-order valence-corrected chi connectivity index (χ0v) is 11.1. The van der Waals surface area contributed by atoms with Crippen molar-refractivity contribution in [3.8, 4) is 11.5 Å². The van der Waals surface area contributed by atoms with E-state index in [-0.39, 0.29) is 0 Å². The number of ether oxygens (including phenoxy) is 2. The molecule has 98 valence electrons. The van der Waals surface area contributed by atoms with Gasteiger partial charge in [-0.3, -0.25) is 0 Å². The molecule has 0 aliphatic carbocycles. The Morgan fingerprint density at radius 2 is 1.78 bits per heavy atom. The van der Waals surface area contributed by atoms with Crippen molar-refractivity contribution in [3.05, 3.63) is 34.9 Å².